The molecule has 0 aliphatic carbocycles. The van der Waals surface area contributed by atoms with E-state index in [-0.39, 0.29) is 5.91 Å². The van der Waals surface area contributed by atoms with E-state index < -0.39 is 0 Å². The maximum absolute atomic E-state index is 13.2. The molecule has 1 amide bonds. The van der Waals surface area contributed by atoms with Crippen LogP contribution in [0.25, 0.3) is 16.7 Å². The van der Waals surface area contributed by atoms with Gasteiger partial charge < -0.3 is 9.80 Å². The molecule has 0 spiro atoms. The molecule has 0 N–H and O–H groups in total. The first-order valence-corrected chi connectivity index (χ1v) is 13.5. The smallest absolute Gasteiger partial charge is 0.253 e. The number of para-hydroxylation sites is 1. The maximum atomic E-state index is 13.2. The highest BCUT2D eigenvalue weighted by molar-refractivity contribution is 9.10. The molecule has 3 heterocycles. The van der Waals surface area contributed by atoms with Crippen molar-refractivity contribution in [3.05, 3.63) is 76.2 Å². The van der Waals surface area contributed by atoms with Crippen molar-refractivity contribution in [2.45, 2.75) is 39.5 Å². The lowest BCUT2D eigenvalue weighted by Crippen LogP contribution is -2.35. The average Bonchev–Trinajstić information content (AvgIpc) is 3.06. The molecule has 1 fully saturated rings. The minimum absolute atomic E-state index is 0.0719. The normalized spacial score (nSPS) is 14.3. The second kappa shape index (κ2) is 10.8. The molecule has 1 aliphatic heterocycles. The van der Waals surface area contributed by atoms with Gasteiger partial charge >= 0.3 is 0 Å². The number of rotatable bonds is 6. The zero-order valence-electron chi connectivity index (χ0n) is 20.8. The van der Waals surface area contributed by atoms with Crippen molar-refractivity contribution >= 4 is 38.7 Å². The van der Waals surface area contributed by atoms with Gasteiger partial charge in [0.1, 0.15) is 11.6 Å². The summed E-state index contributed by atoms with van der Waals surface area (Å²) in [6.07, 6.45) is 3.84. The number of fused-ring (bicyclic) bond motifs is 1. The van der Waals surface area contributed by atoms with Gasteiger partial charge in [0.2, 0.25) is 0 Å². The minimum atomic E-state index is 0.0719. The Morgan fingerprint density at radius 1 is 1.00 bits per heavy atom. The second-order valence-corrected chi connectivity index (χ2v) is 10.2. The molecule has 4 aromatic rings. The molecule has 0 bridgehead atoms. The molecule has 5 rings (SSSR count). The first kappa shape index (κ1) is 24.4. The summed E-state index contributed by atoms with van der Waals surface area (Å²) in [7, 11) is 0. The summed E-state index contributed by atoms with van der Waals surface area (Å²) >= 11 is 3.48. The molecule has 1 aliphatic rings. The number of carbonyl (C=O) groups excluding carboxylic acids is 1. The van der Waals surface area contributed by atoms with E-state index in [9.17, 15) is 4.79 Å². The first-order chi connectivity index (χ1) is 17.5. The van der Waals surface area contributed by atoms with Crippen LogP contribution in [0.1, 0.15) is 48.1 Å². The average molecular weight is 548 g/mol. The van der Waals surface area contributed by atoms with Crippen molar-refractivity contribution in [3.8, 4) is 5.69 Å². The molecule has 0 atom stereocenters. The van der Waals surface area contributed by atoms with Crippen LogP contribution in [0.4, 0.5) is 5.82 Å². The van der Waals surface area contributed by atoms with Crippen LogP contribution < -0.4 is 4.90 Å². The van der Waals surface area contributed by atoms with Crippen LogP contribution in [-0.4, -0.2) is 56.7 Å². The molecule has 7 nitrogen and oxygen atoms in total. The molecule has 2 aromatic heterocycles. The highest BCUT2D eigenvalue weighted by atomic mass is 79.9. The molecule has 0 unspecified atom stereocenters. The molecule has 186 valence electrons. The van der Waals surface area contributed by atoms with Crippen molar-refractivity contribution in [2.24, 2.45) is 0 Å². The number of halogens is 1. The van der Waals surface area contributed by atoms with Gasteiger partial charge in [0.15, 0.2) is 5.65 Å². The van der Waals surface area contributed by atoms with E-state index >= 15 is 0 Å². The summed E-state index contributed by atoms with van der Waals surface area (Å²) in [5, 5.41) is 5.86. The molecular formula is C28H31BrN6O. The predicted octanol–water partition coefficient (Wildman–Crippen LogP) is 5.58. The van der Waals surface area contributed by atoms with Crippen LogP contribution >= 0.6 is 15.9 Å². The monoisotopic (exact) mass is 546 g/mol. The number of carbonyl (C=O) groups is 1. The van der Waals surface area contributed by atoms with E-state index in [0.29, 0.717) is 12.1 Å². The second-order valence-electron chi connectivity index (χ2n) is 9.24. The molecule has 0 radical (unpaired) electrons. The van der Waals surface area contributed by atoms with Gasteiger partial charge in [-0.05, 0) is 50.1 Å². The maximum Gasteiger partial charge on any atom is 0.253 e. The highest BCUT2D eigenvalue weighted by Crippen LogP contribution is 2.30. The zero-order chi connectivity index (χ0) is 25.1. The summed E-state index contributed by atoms with van der Waals surface area (Å²) in [6.45, 7) is 7.13. The van der Waals surface area contributed by atoms with Gasteiger partial charge in [-0.3, -0.25) is 4.79 Å². The van der Waals surface area contributed by atoms with Crippen molar-refractivity contribution < 1.29 is 4.79 Å². The topological polar surface area (TPSA) is 67.2 Å². The van der Waals surface area contributed by atoms with Crippen LogP contribution in [0.3, 0.4) is 0 Å². The third-order valence-corrected chi connectivity index (χ3v) is 7.13. The summed E-state index contributed by atoms with van der Waals surface area (Å²) in [6, 6.07) is 17.8. The zero-order valence-corrected chi connectivity index (χ0v) is 22.4. The minimum Gasteiger partial charge on any atom is -0.354 e. The summed E-state index contributed by atoms with van der Waals surface area (Å²) in [5.41, 5.74) is 3.46. The number of hydrogen-bond acceptors (Lipinski definition) is 5. The number of aryl methyl sites for hydroxylation is 2. The third kappa shape index (κ3) is 5.00. The van der Waals surface area contributed by atoms with E-state index in [1.807, 2.05) is 59.0 Å². The number of nitrogens with zero attached hydrogens (tertiary/aromatic N) is 6. The van der Waals surface area contributed by atoms with E-state index in [1.165, 1.54) is 0 Å². The standard InChI is InChI=1S/C28H31BrN6O/c1-3-4-14-24-30-26(25-20(2)32-35(27(25)31-24)23-12-6-5-7-13-23)33-15-9-16-34(18-17-33)28(36)21-10-8-11-22(29)19-21/h5-8,10-13,19H,3-4,9,14-18H2,1-2H3. The molecule has 2 aromatic carbocycles. The lowest BCUT2D eigenvalue weighted by molar-refractivity contribution is 0.0767. The number of anilines is 1. The SMILES string of the molecule is CCCCc1nc(N2CCCN(C(=O)c3cccc(Br)c3)CC2)c2c(C)nn(-c3ccccc3)c2n1. The van der Waals surface area contributed by atoms with E-state index in [2.05, 4.69) is 39.9 Å². The number of unbranched alkanes of at least 4 members (excludes halogenated alkanes) is 1. The Morgan fingerprint density at radius 3 is 2.61 bits per heavy atom. The number of aromatic nitrogens is 4. The fourth-order valence-electron chi connectivity index (χ4n) is 4.77. The van der Waals surface area contributed by atoms with Gasteiger partial charge in [-0.25, -0.2) is 14.6 Å². The fourth-order valence-corrected chi connectivity index (χ4v) is 5.17. The Kier molecular flexibility index (Phi) is 7.32. The van der Waals surface area contributed by atoms with Crippen LogP contribution in [0.2, 0.25) is 0 Å². The summed E-state index contributed by atoms with van der Waals surface area (Å²) < 4.78 is 2.85. The Balaban J connectivity index is 1.49. The largest absolute Gasteiger partial charge is 0.354 e. The molecular weight excluding hydrogens is 516 g/mol. The van der Waals surface area contributed by atoms with Crippen molar-refractivity contribution in [3.63, 3.8) is 0 Å². The predicted molar refractivity (Wildman–Crippen MR) is 147 cm³/mol. The van der Waals surface area contributed by atoms with Crippen LogP contribution in [0, 0.1) is 6.92 Å². The fraction of sp³-hybridized carbons (Fsp3) is 0.357. The van der Waals surface area contributed by atoms with Crippen LogP contribution in [0.15, 0.2) is 59.1 Å². The molecule has 0 saturated carbocycles. The lowest BCUT2D eigenvalue weighted by Gasteiger charge is -2.24. The van der Waals surface area contributed by atoms with E-state index in [4.69, 9.17) is 15.1 Å². The lowest BCUT2D eigenvalue weighted by atomic mass is 10.2. The summed E-state index contributed by atoms with van der Waals surface area (Å²) in [5.74, 6) is 1.85. The van der Waals surface area contributed by atoms with Gasteiger partial charge in [-0.1, -0.05) is 53.5 Å². The Labute approximate surface area is 220 Å². The third-order valence-electron chi connectivity index (χ3n) is 6.64. The van der Waals surface area contributed by atoms with Gasteiger partial charge in [0, 0.05) is 42.6 Å². The Bertz CT molecular complexity index is 1370. The van der Waals surface area contributed by atoms with E-state index in [0.717, 1.165) is 83.8 Å². The van der Waals surface area contributed by atoms with Gasteiger partial charge in [-0.2, -0.15) is 5.10 Å². The van der Waals surface area contributed by atoms with Gasteiger partial charge in [-0.15, -0.1) is 0 Å². The number of benzene rings is 2. The molecule has 36 heavy (non-hydrogen) atoms. The number of amides is 1. The van der Waals surface area contributed by atoms with Crippen LogP contribution in [0.5, 0.6) is 0 Å². The highest BCUT2D eigenvalue weighted by Gasteiger charge is 2.25. The summed E-state index contributed by atoms with van der Waals surface area (Å²) in [4.78, 5) is 27.5. The number of hydrogen-bond donors (Lipinski definition) is 0. The van der Waals surface area contributed by atoms with Crippen molar-refractivity contribution in [1.29, 1.82) is 0 Å². The quantitative estimate of drug-likeness (QED) is 0.315. The van der Waals surface area contributed by atoms with E-state index in [1.54, 1.807) is 0 Å². The molecule has 8 heteroatoms. The Morgan fingerprint density at radius 2 is 1.83 bits per heavy atom. The van der Waals surface area contributed by atoms with Crippen LogP contribution in [-0.2, 0) is 6.42 Å². The Hall–Kier alpha value is -3.26. The first-order valence-electron chi connectivity index (χ1n) is 12.7. The van der Waals surface area contributed by atoms with Gasteiger partial charge in [0.25, 0.3) is 5.91 Å². The van der Waals surface area contributed by atoms with Crippen molar-refractivity contribution in [1.82, 2.24) is 24.6 Å². The van der Waals surface area contributed by atoms with Crippen molar-refractivity contribution in [2.75, 3.05) is 31.1 Å². The van der Waals surface area contributed by atoms with Gasteiger partial charge in [0.05, 0.1) is 16.8 Å². The molecule has 1 saturated heterocycles.